The van der Waals surface area contributed by atoms with Gasteiger partial charge in [-0.2, -0.15) is 0 Å². The van der Waals surface area contributed by atoms with Gasteiger partial charge >= 0.3 is 6.03 Å². The quantitative estimate of drug-likeness (QED) is 0.922. The average Bonchev–Trinajstić information content (AvgIpc) is 3.37. The Kier molecular flexibility index (Phi) is 4.37. The van der Waals surface area contributed by atoms with Gasteiger partial charge in [0.2, 0.25) is 0 Å². The molecule has 4 rings (SSSR count). The van der Waals surface area contributed by atoms with E-state index in [2.05, 4.69) is 5.32 Å². The molecular weight excluding hydrogens is 326 g/mol. The molecule has 1 N–H and O–H groups in total. The summed E-state index contributed by atoms with van der Waals surface area (Å²) < 4.78 is 0. The zero-order chi connectivity index (χ0) is 18.0. The Balaban J connectivity index is 1.45. The Hall–Kier alpha value is -2.82. The summed E-state index contributed by atoms with van der Waals surface area (Å²) in [6.45, 7) is 1.64. The maximum atomic E-state index is 13.2. The molecule has 2 aromatic carbocycles. The molecule has 1 saturated heterocycles. The molecule has 2 fully saturated rings. The number of nitrogens with zero attached hydrogens (tertiary/aromatic N) is 2. The molecule has 0 bridgehead atoms. The van der Waals surface area contributed by atoms with Crippen molar-refractivity contribution in [2.75, 3.05) is 13.1 Å². The molecule has 0 radical (unpaired) electrons. The van der Waals surface area contributed by atoms with Crippen molar-refractivity contribution in [2.45, 2.75) is 31.2 Å². The Bertz CT molecular complexity index is 787. The van der Waals surface area contributed by atoms with Gasteiger partial charge in [0.25, 0.3) is 5.91 Å². The fraction of sp³-hybridized carbons (Fsp3) is 0.333. The first-order valence-electron chi connectivity index (χ1n) is 9.17. The number of carbonyl (C=O) groups is 2. The highest BCUT2D eigenvalue weighted by Crippen LogP contribution is 2.50. The van der Waals surface area contributed by atoms with E-state index in [9.17, 15) is 9.59 Å². The maximum Gasteiger partial charge on any atom is 0.336 e. The second-order valence-electron chi connectivity index (χ2n) is 7.00. The van der Waals surface area contributed by atoms with E-state index in [1.807, 2.05) is 60.7 Å². The van der Waals surface area contributed by atoms with Crippen LogP contribution in [0, 0.1) is 0 Å². The predicted octanol–water partition coefficient (Wildman–Crippen LogP) is 3.08. The van der Waals surface area contributed by atoms with E-state index in [-0.39, 0.29) is 11.9 Å². The summed E-state index contributed by atoms with van der Waals surface area (Å²) in [4.78, 5) is 25.9. The number of carbonyl (C=O) groups excluding carboxylic acids is 2. The lowest BCUT2D eigenvalue weighted by atomic mass is 9.95. The summed E-state index contributed by atoms with van der Waals surface area (Å²) in [5, 5.41) is 6.16. The normalized spacial score (nSPS) is 17.8. The number of nitrogens with one attached hydrogen (secondary N) is 1. The summed E-state index contributed by atoms with van der Waals surface area (Å²) in [6.07, 6.45) is 2.52. The fourth-order valence-corrected chi connectivity index (χ4v) is 3.65. The highest BCUT2D eigenvalue weighted by atomic mass is 16.2. The molecule has 0 spiro atoms. The van der Waals surface area contributed by atoms with Gasteiger partial charge in [0.15, 0.2) is 0 Å². The molecule has 5 heteroatoms. The molecule has 1 saturated carbocycles. The smallest absolute Gasteiger partial charge is 0.332 e. The molecule has 0 atom stereocenters. The molecular formula is C21H23N3O2. The molecule has 1 heterocycles. The zero-order valence-electron chi connectivity index (χ0n) is 14.7. The molecule has 5 nitrogen and oxygen atoms in total. The standard InChI is InChI=1S/C21H23N3O2/c25-19(21(12-13-21)18-10-5-2-6-11-18)23-14-7-15-24(23)20(26)22-16-17-8-3-1-4-9-17/h1-6,8-11H,7,12-16H2,(H,22,26). The second kappa shape index (κ2) is 6.83. The number of hydrazine groups is 1. The number of rotatable bonds is 4. The van der Waals surface area contributed by atoms with Crippen LogP contribution < -0.4 is 5.32 Å². The van der Waals surface area contributed by atoms with Crippen LogP contribution in [0.2, 0.25) is 0 Å². The third kappa shape index (κ3) is 3.05. The van der Waals surface area contributed by atoms with Crippen molar-refractivity contribution in [3.8, 4) is 0 Å². The van der Waals surface area contributed by atoms with Crippen LogP contribution in [-0.2, 0) is 16.8 Å². The first kappa shape index (κ1) is 16.6. The van der Waals surface area contributed by atoms with E-state index < -0.39 is 5.41 Å². The zero-order valence-corrected chi connectivity index (χ0v) is 14.7. The number of benzene rings is 2. The van der Waals surface area contributed by atoms with Gasteiger partial charge < -0.3 is 5.32 Å². The summed E-state index contributed by atoms with van der Waals surface area (Å²) in [6, 6.07) is 19.5. The van der Waals surface area contributed by atoms with Gasteiger partial charge in [-0.3, -0.25) is 4.79 Å². The van der Waals surface area contributed by atoms with E-state index in [1.54, 1.807) is 10.0 Å². The minimum absolute atomic E-state index is 0.0519. The Morgan fingerprint density at radius 1 is 0.885 bits per heavy atom. The molecule has 2 aromatic rings. The van der Waals surface area contributed by atoms with Crippen LogP contribution in [0.25, 0.3) is 0 Å². The van der Waals surface area contributed by atoms with Crippen LogP contribution in [0.4, 0.5) is 4.79 Å². The second-order valence-corrected chi connectivity index (χ2v) is 7.00. The summed E-state index contributed by atoms with van der Waals surface area (Å²) >= 11 is 0. The number of urea groups is 1. The van der Waals surface area contributed by atoms with Gasteiger partial charge in [-0.15, -0.1) is 0 Å². The third-order valence-electron chi connectivity index (χ3n) is 5.27. The number of amides is 3. The topological polar surface area (TPSA) is 52.7 Å². The van der Waals surface area contributed by atoms with Gasteiger partial charge in [-0.1, -0.05) is 60.7 Å². The lowest BCUT2D eigenvalue weighted by Crippen LogP contribution is -2.52. The number of hydrogen-bond acceptors (Lipinski definition) is 2. The maximum absolute atomic E-state index is 13.2. The minimum Gasteiger partial charge on any atom is -0.332 e. The lowest BCUT2D eigenvalue weighted by Gasteiger charge is -2.31. The third-order valence-corrected chi connectivity index (χ3v) is 5.27. The summed E-state index contributed by atoms with van der Waals surface area (Å²) in [7, 11) is 0. The molecule has 2 aliphatic rings. The van der Waals surface area contributed by atoms with Crippen molar-refractivity contribution >= 4 is 11.9 Å². The molecule has 1 aliphatic heterocycles. The van der Waals surface area contributed by atoms with Crippen LogP contribution in [0.3, 0.4) is 0 Å². The molecule has 0 aromatic heterocycles. The van der Waals surface area contributed by atoms with Gasteiger partial charge in [0, 0.05) is 19.6 Å². The van der Waals surface area contributed by atoms with Gasteiger partial charge in [0.1, 0.15) is 0 Å². The van der Waals surface area contributed by atoms with Crippen LogP contribution >= 0.6 is 0 Å². The van der Waals surface area contributed by atoms with Crippen molar-refractivity contribution in [1.82, 2.24) is 15.3 Å². The lowest BCUT2D eigenvalue weighted by molar-refractivity contribution is -0.143. The predicted molar refractivity (Wildman–Crippen MR) is 99.1 cm³/mol. The first-order chi connectivity index (χ1) is 12.7. The number of hydrogen-bond donors (Lipinski definition) is 1. The molecule has 134 valence electrons. The first-order valence-corrected chi connectivity index (χ1v) is 9.17. The minimum atomic E-state index is -0.441. The molecule has 26 heavy (non-hydrogen) atoms. The van der Waals surface area contributed by atoms with Gasteiger partial charge in [-0.25, -0.2) is 14.8 Å². The van der Waals surface area contributed by atoms with Crippen molar-refractivity contribution in [1.29, 1.82) is 0 Å². The van der Waals surface area contributed by atoms with E-state index in [4.69, 9.17) is 0 Å². The summed E-state index contributed by atoms with van der Waals surface area (Å²) in [5.74, 6) is 0.0519. The monoisotopic (exact) mass is 349 g/mol. The van der Waals surface area contributed by atoms with Crippen molar-refractivity contribution in [3.05, 3.63) is 71.8 Å². The summed E-state index contributed by atoms with van der Waals surface area (Å²) in [5.41, 5.74) is 1.66. The van der Waals surface area contributed by atoms with Crippen LogP contribution in [-0.4, -0.2) is 35.0 Å². The van der Waals surface area contributed by atoms with Gasteiger partial charge in [-0.05, 0) is 30.4 Å². The van der Waals surface area contributed by atoms with E-state index in [1.165, 1.54) is 0 Å². The molecule has 1 aliphatic carbocycles. The average molecular weight is 349 g/mol. The Morgan fingerprint density at radius 2 is 1.50 bits per heavy atom. The Morgan fingerprint density at radius 3 is 2.15 bits per heavy atom. The molecule has 3 amide bonds. The fourth-order valence-electron chi connectivity index (χ4n) is 3.65. The Labute approximate surface area is 153 Å². The van der Waals surface area contributed by atoms with Gasteiger partial charge in [0.05, 0.1) is 5.41 Å². The largest absolute Gasteiger partial charge is 0.336 e. The van der Waals surface area contributed by atoms with E-state index in [0.717, 1.165) is 30.4 Å². The SMILES string of the molecule is O=C(NCc1ccccc1)N1CCCN1C(=O)C1(c2ccccc2)CC1. The highest BCUT2D eigenvalue weighted by molar-refractivity contribution is 5.93. The van der Waals surface area contributed by atoms with Crippen molar-refractivity contribution in [3.63, 3.8) is 0 Å². The van der Waals surface area contributed by atoms with E-state index in [0.29, 0.717) is 19.6 Å². The van der Waals surface area contributed by atoms with Crippen LogP contribution in [0.15, 0.2) is 60.7 Å². The van der Waals surface area contributed by atoms with E-state index >= 15 is 0 Å². The van der Waals surface area contributed by atoms with Crippen molar-refractivity contribution in [2.24, 2.45) is 0 Å². The van der Waals surface area contributed by atoms with Crippen LogP contribution in [0.1, 0.15) is 30.4 Å². The molecule has 0 unspecified atom stereocenters. The highest BCUT2D eigenvalue weighted by Gasteiger charge is 2.54. The van der Waals surface area contributed by atoms with Crippen LogP contribution in [0.5, 0.6) is 0 Å². The van der Waals surface area contributed by atoms with Crippen molar-refractivity contribution < 1.29 is 9.59 Å².